The molecule has 6 heteroatoms. The molecule has 1 heterocycles. The number of hydrogen-bond acceptors (Lipinski definition) is 3. The average molecular weight is 302 g/mol. The highest BCUT2D eigenvalue weighted by atomic mass is 35.5. The Morgan fingerprint density at radius 2 is 2.21 bits per heavy atom. The summed E-state index contributed by atoms with van der Waals surface area (Å²) in [5.41, 5.74) is 0.362. The molecule has 104 valence electrons. The Hall–Kier alpha value is -0.840. The lowest BCUT2D eigenvalue weighted by atomic mass is 10.2. The van der Waals surface area contributed by atoms with Crippen molar-refractivity contribution in [1.82, 2.24) is 15.2 Å². The lowest BCUT2D eigenvalue weighted by molar-refractivity contribution is 0.0948. The summed E-state index contributed by atoms with van der Waals surface area (Å²) in [6.07, 6.45) is 2.55. The molecular formula is C13H17Cl2N3O. The molecule has 19 heavy (non-hydrogen) atoms. The number of hydrogen-bond donors (Lipinski definition) is 1. The molecule has 0 bridgehead atoms. The summed E-state index contributed by atoms with van der Waals surface area (Å²) in [4.78, 5) is 18.2. The Kier molecular flexibility index (Phi) is 5.02. The van der Waals surface area contributed by atoms with Gasteiger partial charge in [0, 0.05) is 19.1 Å². The van der Waals surface area contributed by atoms with Gasteiger partial charge in [0.2, 0.25) is 0 Å². The van der Waals surface area contributed by atoms with Gasteiger partial charge in [0.25, 0.3) is 5.91 Å². The fourth-order valence-electron chi connectivity index (χ4n) is 2.03. The fourth-order valence-corrected chi connectivity index (χ4v) is 2.46. The van der Waals surface area contributed by atoms with Gasteiger partial charge in [-0.15, -0.1) is 0 Å². The van der Waals surface area contributed by atoms with E-state index in [0.29, 0.717) is 18.2 Å². The molecule has 0 unspecified atom stereocenters. The molecule has 0 saturated heterocycles. The van der Waals surface area contributed by atoms with Gasteiger partial charge < -0.3 is 5.32 Å². The minimum atomic E-state index is -0.207. The van der Waals surface area contributed by atoms with E-state index in [2.05, 4.69) is 22.1 Å². The molecule has 0 aromatic carbocycles. The summed E-state index contributed by atoms with van der Waals surface area (Å²) in [5, 5.41) is 3.28. The second kappa shape index (κ2) is 6.55. The zero-order chi connectivity index (χ0) is 13.8. The smallest absolute Gasteiger partial charge is 0.254 e. The fraction of sp³-hybridized carbons (Fsp3) is 0.538. The Balaban J connectivity index is 1.83. The molecule has 0 spiro atoms. The van der Waals surface area contributed by atoms with Crippen molar-refractivity contribution in [2.45, 2.75) is 25.8 Å². The van der Waals surface area contributed by atoms with Gasteiger partial charge in [-0.05, 0) is 31.5 Å². The van der Waals surface area contributed by atoms with E-state index in [1.54, 1.807) is 12.1 Å². The number of likely N-dealkylation sites (N-methyl/N-ethyl adjacent to an activating group) is 1. The molecule has 0 atom stereocenters. The predicted molar refractivity (Wildman–Crippen MR) is 76.9 cm³/mol. The van der Waals surface area contributed by atoms with Crippen molar-refractivity contribution in [2.75, 3.05) is 19.6 Å². The molecule has 2 rings (SSSR count). The van der Waals surface area contributed by atoms with Crippen molar-refractivity contribution in [1.29, 1.82) is 0 Å². The zero-order valence-corrected chi connectivity index (χ0v) is 12.3. The maximum Gasteiger partial charge on any atom is 0.254 e. The highest BCUT2D eigenvalue weighted by Gasteiger charge is 2.27. The number of pyridine rings is 1. The van der Waals surface area contributed by atoms with Crippen LogP contribution in [0.15, 0.2) is 12.1 Å². The van der Waals surface area contributed by atoms with Crippen molar-refractivity contribution >= 4 is 29.1 Å². The quantitative estimate of drug-likeness (QED) is 0.822. The third-order valence-electron chi connectivity index (χ3n) is 3.21. The lowest BCUT2D eigenvalue weighted by Gasteiger charge is -2.19. The van der Waals surface area contributed by atoms with Gasteiger partial charge in [0.1, 0.15) is 10.3 Å². The first kappa shape index (κ1) is 14.6. The van der Waals surface area contributed by atoms with E-state index in [1.807, 2.05) is 0 Å². The summed E-state index contributed by atoms with van der Waals surface area (Å²) in [6.45, 7) is 4.64. The molecule has 1 aliphatic rings. The van der Waals surface area contributed by atoms with Crippen LogP contribution in [0.5, 0.6) is 0 Å². The number of rotatable bonds is 6. The van der Waals surface area contributed by atoms with E-state index >= 15 is 0 Å². The second-order valence-corrected chi connectivity index (χ2v) is 5.33. The number of nitrogens with one attached hydrogen (secondary N) is 1. The maximum absolute atomic E-state index is 11.9. The molecule has 0 aliphatic heterocycles. The summed E-state index contributed by atoms with van der Waals surface area (Å²) in [5.74, 6) is -0.207. The summed E-state index contributed by atoms with van der Waals surface area (Å²) in [6, 6.07) is 3.86. The molecule has 1 fully saturated rings. The molecule has 1 N–H and O–H groups in total. The van der Waals surface area contributed by atoms with Crippen LogP contribution in [-0.2, 0) is 0 Å². The number of halogens is 2. The highest BCUT2D eigenvalue weighted by molar-refractivity contribution is 6.34. The van der Waals surface area contributed by atoms with Crippen LogP contribution in [0.4, 0.5) is 0 Å². The molecule has 1 aromatic heterocycles. The summed E-state index contributed by atoms with van der Waals surface area (Å²) >= 11 is 11.6. The minimum Gasteiger partial charge on any atom is -0.351 e. The van der Waals surface area contributed by atoms with E-state index < -0.39 is 0 Å². The largest absolute Gasteiger partial charge is 0.351 e. The highest BCUT2D eigenvalue weighted by Crippen LogP contribution is 2.25. The van der Waals surface area contributed by atoms with Crippen molar-refractivity contribution in [3.05, 3.63) is 28.0 Å². The maximum atomic E-state index is 11.9. The number of carbonyl (C=O) groups is 1. The van der Waals surface area contributed by atoms with E-state index in [4.69, 9.17) is 23.2 Å². The lowest BCUT2D eigenvalue weighted by Crippen LogP contribution is -2.36. The van der Waals surface area contributed by atoms with Crippen molar-refractivity contribution in [2.24, 2.45) is 0 Å². The predicted octanol–water partition coefficient (Wildman–Crippen LogP) is 2.60. The van der Waals surface area contributed by atoms with Crippen LogP contribution in [0, 0.1) is 0 Å². The molecular weight excluding hydrogens is 285 g/mol. The van der Waals surface area contributed by atoms with Gasteiger partial charge in [-0.1, -0.05) is 30.1 Å². The van der Waals surface area contributed by atoms with Crippen LogP contribution in [0.3, 0.4) is 0 Å². The van der Waals surface area contributed by atoms with Crippen LogP contribution in [0.2, 0.25) is 10.3 Å². The first-order chi connectivity index (χ1) is 9.11. The van der Waals surface area contributed by atoms with Crippen LogP contribution in [0.1, 0.15) is 30.1 Å². The monoisotopic (exact) mass is 301 g/mol. The summed E-state index contributed by atoms with van der Waals surface area (Å²) < 4.78 is 0. The zero-order valence-electron chi connectivity index (χ0n) is 10.8. The van der Waals surface area contributed by atoms with Crippen LogP contribution in [0.25, 0.3) is 0 Å². The van der Waals surface area contributed by atoms with Crippen LogP contribution >= 0.6 is 23.2 Å². The molecule has 1 saturated carbocycles. The third kappa shape index (κ3) is 4.06. The normalized spacial score (nSPS) is 14.7. The van der Waals surface area contributed by atoms with Crippen LogP contribution in [-0.4, -0.2) is 41.5 Å². The Morgan fingerprint density at radius 3 is 2.79 bits per heavy atom. The third-order valence-corrected chi connectivity index (χ3v) is 3.71. The van der Waals surface area contributed by atoms with Gasteiger partial charge >= 0.3 is 0 Å². The van der Waals surface area contributed by atoms with Crippen molar-refractivity contribution in [3.63, 3.8) is 0 Å². The van der Waals surface area contributed by atoms with Crippen molar-refractivity contribution < 1.29 is 4.79 Å². The first-order valence-electron chi connectivity index (χ1n) is 6.46. The van der Waals surface area contributed by atoms with Gasteiger partial charge in [-0.25, -0.2) is 4.98 Å². The van der Waals surface area contributed by atoms with E-state index in [-0.39, 0.29) is 16.2 Å². The van der Waals surface area contributed by atoms with E-state index in [1.165, 1.54) is 12.8 Å². The van der Waals surface area contributed by atoms with Gasteiger partial charge in [0.15, 0.2) is 0 Å². The molecule has 1 aromatic rings. The number of aromatic nitrogens is 1. The Labute approximate surface area is 123 Å². The van der Waals surface area contributed by atoms with E-state index in [9.17, 15) is 4.79 Å². The van der Waals surface area contributed by atoms with E-state index in [0.717, 1.165) is 13.1 Å². The molecule has 0 radical (unpaired) electrons. The first-order valence-corrected chi connectivity index (χ1v) is 7.21. The van der Waals surface area contributed by atoms with Crippen LogP contribution < -0.4 is 5.32 Å². The Morgan fingerprint density at radius 1 is 1.47 bits per heavy atom. The second-order valence-electron chi connectivity index (χ2n) is 4.59. The topological polar surface area (TPSA) is 45.2 Å². The van der Waals surface area contributed by atoms with Crippen molar-refractivity contribution in [3.8, 4) is 0 Å². The molecule has 1 aliphatic carbocycles. The number of nitrogens with zero attached hydrogens (tertiary/aromatic N) is 2. The minimum absolute atomic E-state index is 0.138. The number of amides is 1. The van der Waals surface area contributed by atoms with Gasteiger partial charge in [-0.3, -0.25) is 9.69 Å². The molecule has 1 amide bonds. The Bertz CT molecular complexity index is 463. The van der Waals surface area contributed by atoms with Gasteiger partial charge in [-0.2, -0.15) is 0 Å². The van der Waals surface area contributed by atoms with Gasteiger partial charge in [0.05, 0.1) is 5.56 Å². The average Bonchev–Trinajstić information content (AvgIpc) is 3.18. The summed E-state index contributed by atoms with van der Waals surface area (Å²) in [7, 11) is 0. The SMILES string of the molecule is CCN(CCNC(=O)c1ccc(Cl)nc1Cl)C1CC1. The molecule has 4 nitrogen and oxygen atoms in total. The number of carbonyl (C=O) groups excluding carboxylic acids is 1. The standard InChI is InChI=1S/C13H17Cl2N3O/c1-2-18(9-3-4-9)8-7-16-13(19)10-5-6-11(14)17-12(10)15/h5-6,9H,2-4,7-8H2,1H3,(H,16,19).